The number of anilines is 1. The van der Waals surface area contributed by atoms with Crippen LogP contribution in [0.2, 0.25) is 0 Å². The molecule has 3 rings (SSSR count). The van der Waals surface area contributed by atoms with Crippen LogP contribution in [0.25, 0.3) is 11.4 Å². The Bertz CT molecular complexity index is 968. The van der Waals surface area contributed by atoms with E-state index in [0.717, 1.165) is 11.4 Å². The molecule has 0 unspecified atom stereocenters. The van der Waals surface area contributed by atoms with Crippen molar-refractivity contribution in [3.05, 3.63) is 60.2 Å². The van der Waals surface area contributed by atoms with Crippen molar-refractivity contribution in [3.8, 4) is 11.4 Å². The number of benzene rings is 2. The van der Waals surface area contributed by atoms with Gasteiger partial charge in [-0.1, -0.05) is 49.0 Å². The lowest BCUT2D eigenvalue weighted by Crippen LogP contribution is -2.25. The second-order valence-electron chi connectivity index (χ2n) is 6.37. The SMILES string of the molecule is CC[C@H](Sc1nnc(-c2ccccc2)n1C)C(=O)Nc1ccc(C(C)=O)cc1. The average Bonchev–Trinajstić information content (AvgIpc) is 3.07. The molecule has 1 heterocycles. The number of carbonyl (C=O) groups is 2. The molecule has 0 spiro atoms. The van der Waals surface area contributed by atoms with E-state index in [1.54, 1.807) is 24.3 Å². The zero-order chi connectivity index (χ0) is 20.1. The molecule has 0 radical (unpaired) electrons. The second-order valence-corrected chi connectivity index (χ2v) is 7.54. The molecule has 1 N–H and O–H groups in total. The summed E-state index contributed by atoms with van der Waals surface area (Å²) < 4.78 is 1.90. The summed E-state index contributed by atoms with van der Waals surface area (Å²) in [5, 5.41) is 11.8. The van der Waals surface area contributed by atoms with Gasteiger partial charge >= 0.3 is 0 Å². The number of hydrogen-bond acceptors (Lipinski definition) is 5. The lowest BCUT2D eigenvalue weighted by molar-refractivity contribution is -0.115. The van der Waals surface area contributed by atoms with Gasteiger partial charge in [0.25, 0.3) is 0 Å². The number of ketones is 1. The van der Waals surface area contributed by atoms with Crippen molar-refractivity contribution in [3.63, 3.8) is 0 Å². The van der Waals surface area contributed by atoms with E-state index in [1.165, 1.54) is 18.7 Å². The van der Waals surface area contributed by atoms with Crippen LogP contribution >= 0.6 is 11.8 Å². The molecule has 0 saturated heterocycles. The van der Waals surface area contributed by atoms with E-state index in [9.17, 15) is 9.59 Å². The molecular formula is C21H22N4O2S. The number of thioether (sulfide) groups is 1. The summed E-state index contributed by atoms with van der Waals surface area (Å²) in [4.78, 5) is 24.1. The predicted octanol–water partition coefficient (Wildman–Crippen LogP) is 4.19. The highest BCUT2D eigenvalue weighted by Crippen LogP contribution is 2.28. The number of nitrogens with one attached hydrogen (secondary N) is 1. The summed E-state index contributed by atoms with van der Waals surface area (Å²) >= 11 is 1.39. The molecule has 1 atom stereocenters. The Hall–Kier alpha value is -2.93. The van der Waals surface area contributed by atoms with Crippen molar-refractivity contribution in [1.29, 1.82) is 0 Å². The van der Waals surface area contributed by atoms with Gasteiger partial charge in [0.1, 0.15) is 0 Å². The molecule has 7 heteroatoms. The third kappa shape index (κ3) is 4.48. The Balaban J connectivity index is 1.71. The summed E-state index contributed by atoms with van der Waals surface area (Å²) in [6.07, 6.45) is 0.648. The van der Waals surface area contributed by atoms with E-state index < -0.39 is 0 Å². The lowest BCUT2D eigenvalue weighted by atomic mass is 10.1. The van der Waals surface area contributed by atoms with Crippen molar-refractivity contribution < 1.29 is 9.59 Å². The molecular weight excluding hydrogens is 372 g/mol. The van der Waals surface area contributed by atoms with Gasteiger partial charge in [-0.25, -0.2) is 0 Å². The molecule has 0 aliphatic heterocycles. The smallest absolute Gasteiger partial charge is 0.237 e. The maximum absolute atomic E-state index is 12.7. The monoisotopic (exact) mass is 394 g/mol. The van der Waals surface area contributed by atoms with Gasteiger partial charge in [-0.05, 0) is 37.6 Å². The predicted molar refractivity (Wildman–Crippen MR) is 111 cm³/mol. The summed E-state index contributed by atoms with van der Waals surface area (Å²) in [7, 11) is 1.90. The maximum atomic E-state index is 12.7. The Morgan fingerprint density at radius 1 is 1.07 bits per heavy atom. The van der Waals surface area contributed by atoms with Gasteiger partial charge in [-0.2, -0.15) is 0 Å². The Labute approximate surface area is 168 Å². The minimum atomic E-state index is -0.306. The fourth-order valence-electron chi connectivity index (χ4n) is 2.72. The average molecular weight is 395 g/mol. The molecule has 1 amide bonds. The molecule has 3 aromatic rings. The van der Waals surface area contributed by atoms with Gasteiger partial charge < -0.3 is 9.88 Å². The standard InChI is InChI=1S/C21H22N4O2S/c1-4-18(20(27)22-17-12-10-15(11-13-17)14(2)26)28-21-24-23-19(25(21)3)16-8-6-5-7-9-16/h5-13,18H,4H2,1-3H3,(H,22,27)/t18-/m0/s1. The van der Waals surface area contributed by atoms with Crippen LogP contribution in [0.5, 0.6) is 0 Å². The number of rotatable bonds is 7. The zero-order valence-electron chi connectivity index (χ0n) is 16.0. The molecule has 0 aliphatic rings. The maximum Gasteiger partial charge on any atom is 0.237 e. The summed E-state index contributed by atoms with van der Waals surface area (Å²) in [6.45, 7) is 3.48. The van der Waals surface area contributed by atoms with Crippen molar-refractivity contribution in [2.45, 2.75) is 30.7 Å². The molecule has 0 aliphatic carbocycles. The highest BCUT2D eigenvalue weighted by atomic mass is 32.2. The highest BCUT2D eigenvalue weighted by Gasteiger charge is 2.22. The Kier molecular flexibility index (Phi) is 6.26. The third-order valence-corrected chi connectivity index (χ3v) is 5.74. The van der Waals surface area contributed by atoms with Crippen molar-refractivity contribution >= 4 is 29.1 Å². The molecule has 144 valence electrons. The molecule has 0 saturated carbocycles. The minimum Gasteiger partial charge on any atom is -0.325 e. The van der Waals surface area contributed by atoms with Gasteiger partial charge in [0, 0.05) is 23.9 Å². The first-order chi connectivity index (χ1) is 13.5. The number of nitrogens with zero attached hydrogens (tertiary/aromatic N) is 3. The highest BCUT2D eigenvalue weighted by molar-refractivity contribution is 8.00. The van der Waals surface area contributed by atoms with Crippen LogP contribution in [0, 0.1) is 0 Å². The topological polar surface area (TPSA) is 76.9 Å². The van der Waals surface area contributed by atoms with Crippen LogP contribution in [0.1, 0.15) is 30.6 Å². The van der Waals surface area contributed by atoms with Crippen LogP contribution in [0.3, 0.4) is 0 Å². The van der Waals surface area contributed by atoms with Crippen molar-refractivity contribution in [2.75, 3.05) is 5.32 Å². The number of aromatic nitrogens is 3. The first-order valence-electron chi connectivity index (χ1n) is 9.03. The number of amides is 1. The van der Waals surface area contributed by atoms with Gasteiger partial charge in [0.15, 0.2) is 16.8 Å². The van der Waals surface area contributed by atoms with E-state index >= 15 is 0 Å². The van der Waals surface area contributed by atoms with Crippen molar-refractivity contribution in [2.24, 2.45) is 7.05 Å². The van der Waals surface area contributed by atoms with E-state index in [1.807, 2.05) is 48.9 Å². The Morgan fingerprint density at radius 2 is 1.75 bits per heavy atom. The number of hydrogen-bond donors (Lipinski definition) is 1. The van der Waals surface area contributed by atoms with Gasteiger partial charge in [0.05, 0.1) is 5.25 Å². The zero-order valence-corrected chi connectivity index (χ0v) is 16.9. The number of Topliss-reactive ketones (excluding diaryl/α,β-unsaturated/α-hetero) is 1. The fraction of sp³-hybridized carbons (Fsp3) is 0.238. The van der Waals surface area contributed by atoms with Crippen LogP contribution < -0.4 is 5.32 Å². The van der Waals surface area contributed by atoms with Crippen LogP contribution in [0.4, 0.5) is 5.69 Å². The molecule has 1 aromatic heterocycles. The van der Waals surface area contributed by atoms with E-state index in [-0.39, 0.29) is 16.9 Å². The minimum absolute atomic E-state index is 0.00336. The van der Waals surface area contributed by atoms with E-state index in [4.69, 9.17) is 0 Å². The Morgan fingerprint density at radius 3 is 2.36 bits per heavy atom. The lowest BCUT2D eigenvalue weighted by Gasteiger charge is -2.14. The first-order valence-corrected chi connectivity index (χ1v) is 9.91. The third-order valence-electron chi connectivity index (χ3n) is 4.34. The van der Waals surface area contributed by atoms with Gasteiger partial charge in [-0.15, -0.1) is 10.2 Å². The summed E-state index contributed by atoms with van der Waals surface area (Å²) in [5.74, 6) is 0.655. The molecule has 0 fully saturated rings. The van der Waals surface area contributed by atoms with Crippen LogP contribution in [0.15, 0.2) is 59.8 Å². The summed E-state index contributed by atoms with van der Waals surface area (Å²) in [5.41, 5.74) is 2.26. The fourth-order valence-corrected chi connectivity index (χ4v) is 3.64. The van der Waals surface area contributed by atoms with E-state index in [2.05, 4.69) is 15.5 Å². The summed E-state index contributed by atoms with van der Waals surface area (Å²) in [6, 6.07) is 16.7. The quantitative estimate of drug-likeness (QED) is 0.480. The molecule has 6 nitrogen and oxygen atoms in total. The van der Waals surface area contributed by atoms with Crippen LogP contribution in [-0.2, 0) is 11.8 Å². The molecule has 2 aromatic carbocycles. The first kappa shape index (κ1) is 19.8. The largest absolute Gasteiger partial charge is 0.325 e. The van der Waals surface area contributed by atoms with Crippen molar-refractivity contribution in [1.82, 2.24) is 14.8 Å². The van der Waals surface area contributed by atoms with E-state index in [0.29, 0.717) is 22.8 Å². The number of carbonyl (C=O) groups excluding carboxylic acids is 2. The second kappa shape index (κ2) is 8.84. The normalized spacial score (nSPS) is 11.8. The molecule has 0 bridgehead atoms. The van der Waals surface area contributed by atoms with Gasteiger partial charge in [0.2, 0.25) is 5.91 Å². The van der Waals surface area contributed by atoms with Crippen LogP contribution in [-0.4, -0.2) is 31.7 Å². The van der Waals surface area contributed by atoms with Gasteiger partial charge in [-0.3, -0.25) is 9.59 Å². The molecule has 28 heavy (non-hydrogen) atoms.